The predicted octanol–water partition coefficient (Wildman–Crippen LogP) is 1.99. The summed E-state index contributed by atoms with van der Waals surface area (Å²) >= 11 is 0. The summed E-state index contributed by atoms with van der Waals surface area (Å²) in [6.07, 6.45) is 0. The zero-order valence-electron chi connectivity index (χ0n) is 20.6. The molecule has 210 valence electrons. The lowest BCUT2D eigenvalue weighted by Gasteiger charge is -2.45. The van der Waals surface area contributed by atoms with Crippen LogP contribution in [0.5, 0.6) is 11.5 Å². The summed E-state index contributed by atoms with van der Waals surface area (Å²) in [6, 6.07) is 10.6. The molecule has 1 amide bonds. The maximum atomic E-state index is 13.9. The van der Waals surface area contributed by atoms with Crippen LogP contribution in [0.25, 0.3) is 0 Å². The van der Waals surface area contributed by atoms with E-state index in [1.807, 2.05) is 0 Å². The third-order valence-electron chi connectivity index (χ3n) is 6.66. The molecule has 2 heterocycles. The van der Waals surface area contributed by atoms with Gasteiger partial charge in [0.1, 0.15) is 0 Å². The minimum Gasteiger partial charge on any atom is -0.479 e. The number of nitrogens with zero attached hydrogens (tertiary/aromatic N) is 1. The average molecular weight is 592 g/mol. The molecular weight excluding hydrogens is 570 g/mol. The number of hydrogen-bond acceptors (Lipinski definition) is 10. The molecule has 0 aliphatic carbocycles. The van der Waals surface area contributed by atoms with Gasteiger partial charge < -0.3 is 21.3 Å². The molecule has 0 bridgehead atoms. The summed E-state index contributed by atoms with van der Waals surface area (Å²) in [5.41, 5.74) is 6.27. The number of carbonyl (C=O) groups is 2. The van der Waals surface area contributed by atoms with Crippen molar-refractivity contribution in [3.8, 4) is 11.5 Å². The van der Waals surface area contributed by atoms with Crippen LogP contribution in [0.15, 0.2) is 58.3 Å². The van der Waals surface area contributed by atoms with Crippen molar-refractivity contribution < 1.29 is 50.2 Å². The van der Waals surface area contributed by atoms with Gasteiger partial charge in [0.2, 0.25) is 0 Å². The summed E-state index contributed by atoms with van der Waals surface area (Å²) in [5.74, 6) is -3.78. The van der Waals surface area contributed by atoms with Gasteiger partial charge in [0.15, 0.2) is 32.4 Å². The molecule has 7 N–H and O–H groups in total. The lowest BCUT2D eigenvalue weighted by Crippen LogP contribution is -2.53. The van der Waals surface area contributed by atoms with Gasteiger partial charge in [-0.05, 0) is 44.2 Å². The van der Waals surface area contributed by atoms with E-state index in [2.05, 4.69) is 0 Å². The Hall–Kier alpha value is -4.22. The number of hydrogen-bond donors (Lipinski definition) is 5. The highest BCUT2D eigenvalue weighted by atomic mass is 32.2. The average Bonchev–Trinajstić information content (AvgIpc) is 3.05. The zero-order chi connectivity index (χ0) is 29.6. The molecule has 0 saturated carbocycles. The summed E-state index contributed by atoms with van der Waals surface area (Å²) in [5, 5.41) is 10.5. The van der Waals surface area contributed by atoms with Crippen LogP contribution in [0.1, 0.15) is 40.9 Å². The molecular formula is C24H21N3O11S2. The first-order valence-electron chi connectivity index (χ1n) is 11.3. The molecule has 0 saturated heterocycles. The van der Waals surface area contributed by atoms with Crippen LogP contribution in [0.3, 0.4) is 0 Å². The SMILES string of the molecule is CC(C)(ON1C(=O)c2ccccc2C12c1ccc(N)c(S(=O)(=O)O)c1Oc1c2ccc(N)c1S(=O)(=O)O)C(=O)O. The first-order valence-corrected chi connectivity index (χ1v) is 14.2. The van der Waals surface area contributed by atoms with Crippen LogP contribution in [0.4, 0.5) is 11.4 Å². The molecule has 2 aliphatic rings. The van der Waals surface area contributed by atoms with Crippen molar-refractivity contribution in [2.45, 2.75) is 34.8 Å². The Morgan fingerprint density at radius 3 is 1.80 bits per heavy atom. The minimum atomic E-state index is -5.17. The monoisotopic (exact) mass is 591 g/mol. The van der Waals surface area contributed by atoms with Crippen LogP contribution < -0.4 is 16.2 Å². The van der Waals surface area contributed by atoms with Gasteiger partial charge in [0, 0.05) is 22.3 Å². The predicted molar refractivity (Wildman–Crippen MR) is 137 cm³/mol. The van der Waals surface area contributed by atoms with E-state index in [4.69, 9.17) is 21.0 Å². The molecule has 40 heavy (non-hydrogen) atoms. The Morgan fingerprint density at radius 1 is 0.875 bits per heavy atom. The first kappa shape index (κ1) is 27.4. The van der Waals surface area contributed by atoms with Crippen molar-refractivity contribution in [2.24, 2.45) is 0 Å². The van der Waals surface area contributed by atoms with Crippen LogP contribution in [-0.2, 0) is 35.4 Å². The smallest absolute Gasteiger partial charge is 0.338 e. The molecule has 0 aromatic heterocycles. The summed E-state index contributed by atoms with van der Waals surface area (Å²) in [7, 11) is -10.3. The Bertz CT molecular complexity index is 1780. The van der Waals surface area contributed by atoms with E-state index in [0.717, 1.165) is 26.0 Å². The van der Waals surface area contributed by atoms with Gasteiger partial charge in [-0.1, -0.05) is 18.2 Å². The molecule has 0 unspecified atom stereocenters. The molecule has 5 rings (SSSR count). The Balaban J connectivity index is 2.05. The molecule has 14 nitrogen and oxygen atoms in total. The van der Waals surface area contributed by atoms with Crippen LogP contribution >= 0.6 is 0 Å². The van der Waals surface area contributed by atoms with E-state index in [0.29, 0.717) is 5.06 Å². The molecule has 0 fully saturated rings. The standard InChI is InChI=1S/C24H21N3O11S2/c1-23(2,22(29)30)38-27-21(28)11-5-3-4-6-12(11)24(27)13-7-9-15(25)19(39(31,32)33)17(13)37-18-14(24)8-10-16(26)20(18)40(34,35)36/h3-10H,25-26H2,1-2H3,(H,29,30)(H,31,32,33)(H,34,35,36). The summed E-state index contributed by atoms with van der Waals surface area (Å²) in [4.78, 5) is 29.8. The topological polar surface area (TPSA) is 237 Å². The molecule has 0 atom stereocenters. The molecule has 3 aromatic carbocycles. The third-order valence-corrected chi connectivity index (χ3v) is 8.53. The lowest BCUT2D eigenvalue weighted by atomic mass is 9.75. The van der Waals surface area contributed by atoms with Crippen molar-refractivity contribution >= 4 is 43.5 Å². The number of nitrogens with two attached hydrogens (primary N) is 2. The van der Waals surface area contributed by atoms with Gasteiger partial charge in [-0.2, -0.15) is 21.9 Å². The number of fused-ring (bicyclic) bond motifs is 6. The number of carboxylic acids is 1. The fourth-order valence-corrected chi connectivity index (χ4v) is 6.45. The highest BCUT2D eigenvalue weighted by molar-refractivity contribution is 7.86. The second kappa shape index (κ2) is 8.39. The number of aliphatic carboxylic acids is 1. The highest BCUT2D eigenvalue weighted by Gasteiger charge is 2.60. The number of carbonyl (C=O) groups excluding carboxylic acids is 1. The van der Waals surface area contributed by atoms with Gasteiger partial charge in [0.25, 0.3) is 26.1 Å². The molecule has 3 aromatic rings. The van der Waals surface area contributed by atoms with Gasteiger partial charge >= 0.3 is 5.97 Å². The zero-order valence-corrected chi connectivity index (χ0v) is 22.3. The number of benzene rings is 3. The van der Waals surface area contributed by atoms with Gasteiger partial charge in [0.05, 0.1) is 11.4 Å². The maximum Gasteiger partial charge on any atom is 0.338 e. The largest absolute Gasteiger partial charge is 0.479 e. The number of carboxylic acid groups (broad SMARTS) is 1. The number of rotatable bonds is 5. The van der Waals surface area contributed by atoms with Crippen molar-refractivity contribution in [2.75, 3.05) is 11.5 Å². The number of nitrogen functional groups attached to an aromatic ring is 2. The molecule has 2 aliphatic heterocycles. The fraction of sp³-hybridized carbons (Fsp3) is 0.167. The number of ether oxygens (including phenoxy) is 1. The van der Waals surface area contributed by atoms with E-state index >= 15 is 0 Å². The maximum absolute atomic E-state index is 13.9. The third kappa shape index (κ3) is 3.65. The summed E-state index contributed by atoms with van der Waals surface area (Å²) < 4.78 is 76.0. The normalized spacial score (nSPS) is 15.8. The number of anilines is 2. The Kier molecular flexibility index (Phi) is 5.74. The number of amides is 1. The Morgan fingerprint density at radius 2 is 1.35 bits per heavy atom. The van der Waals surface area contributed by atoms with Crippen LogP contribution in [-0.4, -0.2) is 53.6 Å². The van der Waals surface area contributed by atoms with E-state index in [-0.39, 0.29) is 22.3 Å². The van der Waals surface area contributed by atoms with Crippen molar-refractivity contribution in [1.82, 2.24) is 5.06 Å². The molecule has 16 heteroatoms. The second-order valence-electron chi connectivity index (χ2n) is 9.54. The second-order valence-corrected chi connectivity index (χ2v) is 12.3. The Labute approximate surface area is 227 Å². The van der Waals surface area contributed by atoms with Crippen molar-refractivity contribution in [3.05, 3.63) is 70.8 Å². The highest BCUT2D eigenvalue weighted by Crippen LogP contribution is 2.61. The number of hydroxylamine groups is 2. The quantitative estimate of drug-likeness (QED) is 0.211. The van der Waals surface area contributed by atoms with Gasteiger partial charge in [-0.25, -0.2) is 4.79 Å². The van der Waals surface area contributed by atoms with E-state index in [1.165, 1.54) is 36.4 Å². The molecule has 1 spiro atoms. The van der Waals surface area contributed by atoms with E-state index < -0.39 is 75.9 Å². The first-order chi connectivity index (χ1) is 18.4. The van der Waals surface area contributed by atoms with E-state index in [1.54, 1.807) is 0 Å². The van der Waals surface area contributed by atoms with E-state index in [9.17, 15) is 40.6 Å². The molecule has 0 radical (unpaired) electrons. The fourth-order valence-electron chi connectivity index (χ4n) is 4.95. The van der Waals surface area contributed by atoms with Crippen LogP contribution in [0, 0.1) is 0 Å². The van der Waals surface area contributed by atoms with Crippen molar-refractivity contribution in [1.29, 1.82) is 0 Å². The summed E-state index contributed by atoms with van der Waals surface area (Å²) in [6.45, 7) is 2.30. The van der Waals surface area contributed by atoms with Gasteiger partial charge in [-0.3, -0.25) is 18.7 Å². The van der Waals surface area contributed by atoms with Crippen molar-refractivity contribution in [3.63, 3.8) is 0 Å². The lowest BCUT2D eigenvalue weighted by molar-refractivity contribution is -0.237. The van der Waals surface area contributed by atoms with Crippen LogP contribution in [0.2, 0.25) is 0 Å². The van der Waals surface area contributed by atoms with Gasteiger partial charge in [-0.15, -0.1) is 0 Å². The minimum absolute atomic E-state index is 0.0158.